The van der Waals surface area contributed by atoms with Crippen molar-refractivity contribution in [2.24, 2.45) is 0 Å². The summed E-state index contributed by atoms with van der Waals surface area (Å²) >= 11 is 6.06. The first-order valence-corrected chi connectivity index (χ1v) is 8.30. The van der Waals surface area contributed by atoms with E-state index in [0.717, 1.165) is 12.1 Å². The summed E-state index contributed by atoms with van der Waals surface area (Å²) in [4.78, 5) is 12.6. The van der Waals surface area contributed by atoms with Crippen LogP contribution in [0.5, 0.6) is 0 Å². The summed E-state index contributed by atoms with van der Waals surface area (Å²) < 4.78 is 44.0. The zero-order valence-corrected chi connectivity index (χ0v) is 14.9. The van der Waals surface area contributed by atoms with E-state index in [1.807, 2.05) is 0 Å². The highest BCUT2D eigenvalue weighted by molar-refractivity contribution is 6.31. The van der Waals surface area contributed by atoms with Crippen molar-refractivity contribution in [3.05, 3.63) is 75.9 Å². The van der Waals surface area contributed by atoms with E-state index >= 15 is 0 Å². The Labute approximate surface area is 157 Å². The first-order valence-electron chi connectivity index (χ1n) is 7.93. The van der Waals surface area contributed by atoms with E-state index in [1.165, 1.54) is 12.1 Å². The summed E-state index contributed by atoms with van der Waals surface area (Å²) in [5, 5.41) is 6.93. The first kappa shape index (κ1) is 19.0. The molecule has 0 radical (unpaired) electrons. The predicted octanol–water partition coefficient (Wildman–Crippen LogP) is 5.25. The molecule has 140 valence electrons. The van der Waals surface area contributed by atoms with Crippen LogP contribution in [0.4, 0.5) is 13.2 Å². The van der Waals surface area contributed by atoms with E-state index in [4.69, 9.17) is 16.1 Å². The first-order chi connectivity index (χ1) is 12.8. The molecule has 0 aliphatic heterocycles. The molecule has 0 unspecified atom stereocenters. The summed E-state index contributed by atoms with van der Waals surface area (Å²) in [7, 11) is 0. The fourth-order valence-electron chi connectivity index (χ4n) is 2.58. The molecule has 1 aromatic heterocycles. The summed E-state index contributed by atoms with van der Waals surface area (Å²) in [6, 6.07) is 11.6. The Bertz CT molecular complexity index is 983. The highest BCUT2D eigenvalue weighted by atomic mass is 35.5. The van der Waals surface area contributed by atoms with E-state index in [9.17, 15) is 18.0 Å². The molecule has 2 aromatic carbocycles. The number of carbonyl (C=O) groups is 1. The third kappa shape index (κ3) is 4.14. The number of aryl methyl sites for hydroxylation is 1. The van der Waals surface area contributed by atoms with Crippen LogP contribution >= 0.6 is 11.6 Å². The molecule has 0 atom stereocenters. The average Bonchev–Trinajstić information content (AvgIpc) is 3.02. The van der Waals surface area contributed by atoms with Crippen molar-refractivity contribution in [1.82, 2.24) is 10.5 Å². The minimum absolute atomic E-state index is 0.0183. The molecule has 0 aliphatic carbocycles. The van der Waals surface area contributed by atoms with Crippen LogP contribution in [0.25, 0.3) is 11.3 Å². The van der Waals surface area contributed by atoms with E-state index < -0.39 is 17.6 Å². The molecule has 3 rings (SSSR count). The molecule has 0 spiro atoms. The summed E-state index contributed by atoms with van der Waals surface area (Å²) in [5.41, 5.74) is 0.354. The topological polar surface area (TPSA) is 55.1 Å². The zero-order valence-electron chi connectivity index (χ0n) is 14.1. The fourth-order valence-corrected chi connectivity index (χ4v) is 2.78. The van der Waals surface area contributed by atoms with Gasteiger partial charge in [-0.2, -0.15) is 13.2 Å². The van der Waals surface area contributed by atoms with Crippen LogP contribution in [-0.4, -0.2) is 11.1 Å². The van der Waals surface area contributed by atoms with Crippen LogP contribution in [0.15, 0.2) is 53.1 Å². The van der Waals surface area contributed by atoms with Gasteiger partial charge in [0.25, 0.3) is 5.91 Å². The second-order valence-electron chi connectivity index (χ2n) is 5.82. The molecule has 0 aliphatic rings. The number of rotatable bonds is 4. The molecule has 0 saturated carbocycles. The molecular formula is C19H14ClF3N2O2. The van der Waals surface area contributed by atoms with Crippen molar-refractivity contribution in [3.63, 3.8) is 0 Å². The van der Waals surface area contributed by atoms with E-state index in [1.54, 1.807) is 31.2 Å². The highest BCUT2D eigenvalue weighted by Crippen LogP contribution is 2.33. The molecule has 1 N–H and O–H groups in total. The average molecular weight is 395 g/mol. The lowest BCUT2D eigenvalue weighted by Crippen LogP contribution is -2.23. The third-order valence-corrected chi connectivity index (χ3v) is 4.31. The van der Waals surface area contributed by atoms with Crippen LogP contribution in [0, 0.1) is 6.92 Å². The van der Waals surface area contributed by atoms with Crippen LogP contribution in [0.3, 0.4) is 0 Å². The molecule has 3 aromatic rings. The van der Waals surface area contributed by atoms with Crippen molar-refractivity contribution >= 4 is 17.5 Å². The Kier molecular flexibility index (Phi) is 5.23. The Balaban J connectivity index is 1.89. The number of benzene rings is 2. The zero-order chi connectivity index (χ0) is 19.6. The standard InChI is InChI=1S/C19H14ClF3N2O2/c1-11-16(18(26)24-10-13-5-2-3-8-15(13)20)17(27-25-11)12-6-4-7-14(9-12)19(21,22)23/h2-9H,10H2,1H3,(H,24,26). The summed E-state index contributed by atoms with van der Waals surface area (Å²) in [5.74, 6) is -0.531. The Morgan fingerprint density at radius 1 is 1.19 bits per heavy atom. The molecule has 4 nitrogen and oxygen atoms in total. The van der Waals surface area contributed by atoms with Crippen LogP contribution in [0.2, 0.25) is 5.02 Å². The van der Waals surface area contributed by atoms with Crippen LogP contribution < -0.4 is 5.32 Å². The lowest BCUT2D eigenvalue weighted by Gasteiger charge is -2.09. The molecule has 0 bridgehead atoms. The van der Waals surface area contributed by atoms with Crippen molar-refractivity contribution in [2.75, 3.05) is 0 Å². The number of hydrogen-bond acceptors (Lipinski definition) is 3. The number of carbonyl (C=O) groups excluding carboxylic acids is 1. The number of alkyl halides is 3. The number of nitrogens with zero attached hydrogens (tertiary/aromatic N) is 1. The fraction of sp³-hybridized carbons (Fsp3) is 0.158. The number of halogens is 4. The van der Waals surface area contributed by atoms with Crippen LogP contribution in [-0.2, 0) is 12.7 Å². The van der Waals surface area contributed by atoms with Gasteiger partial charge in [-0.3, -0.25) is 4.79 Å². The highest BCUT2D eigenvalue weighted by Gasteiger charge is 2.31. The molecule has 0 fully saturated rings. The molecule has 8 heteroatoms. The summed E-state index contributed by atoms with van der Waals surface area (Å²) in [6.07, 6.45) is -4.50. The third-order valence-electron chi connectivity index (χ3n) is 3.94. The van der Waals surface area contributed by atoms with Gasteiger partial charge in [0, 0.05) is 17.1 Å². The van der Waals surface area contributed by atoms with E-state index in [2.05, 4.69) is 10.5 Å². The summed E-state index contributed by atoms with van der Waals surface area (Å²) in [6.45, 7) is 1.70. The molecule has 0 saturated heterocycles. The molecular weight excluding hydrogens is 381 g/mol. The van der Waals surface area contributed by atoms with Gasteiger partial charge in [0.1, 0.15) is 5.56 Å². The quantitative estimate of drug-likeness (QED) is 0.657. The predicted molar refractivity (Wildman–Crippen MR) is 94.3 cm³/mol. The van der Waals surface area contributed by atoms with Gasteiger partial charge in [-0.1, -0.05) is 47.1 Å². The molecule has 1 heterocycles. The largest absolute Gasteiger partial charge is 0.416 e. The minimum atomic E-state index is -4.50. The number of hydrogen-bond donors (Lipinski definition) is 1. The van der Waals surface area contributed by atoms with Gasteiger partial charge < -0.3 is 9.84 Å². The van der Waals surface area contributed by atoms with E-state index in [0.29, 0.717) is 10.6 Å². The van der Waals surface area contributed by atoms with Crippen molar-refractivity contribution in [1.29, 1.82) is 0 Å². The van der Waals surface area contributed by atoms with Gasteiger partial charge in [-0.15, -0.1) is 0 Å². The van der Waals surface area contributed by atoms with Gasteiger partial charge in [0.05, 0.1) is 11.3 Å². The maximum atomic E-state index is 13.0. The minimum Gasteiger partial charge on any atom is -0.355 e. The number of aromatic nitrogens is 1. The Morgan fingerprint density at radius 2 is 1.93 bits per heavy atom. The molecule has 27 heavy (non-hydrogen) atoms. The van der Waals surface area contributed by atoms with Crippen molar-refractivity contribution in [2.45, 2.75) is 19.6 Å². The van der Waals surface area contributed by atoms with Crippen molar-refractivity contribution in [3.8, 4) is 11.3 Å². The second kappa shape index (κ2) is 7.44. The van der Waals surface area contributed by atoms with Gasteiger partial charge >= 0.3 is 6.18 Å². The smallest absolute Gasteiger partial charge is 0.355 e. The Morgan fingerprint density at radius 3 is 2.63 bits per heavy atom. The number of amides is 1. The lowest BCUT2D eigenvalue weighted by molar-refractivity contribution is -0.137. The SMILES string of the molecule is Cc1noc(-c2cccc(C(F)(F)F)c2)c1C(=O)NCc1ccccc1Cl. The maximum absolute atomic E-state index is 13.0. The van der Waals surface area contributed by atoms with Gasteiger partial charge in [0.15, 0.2) is 5.76 Å². The van der Waals surface area contributed by atoms with Gasteiger partial charge in [-0.25, -0.2) is 0 Å². The lowest BCUT2D eigenvalue weighted by atomic mass is 10.0. The van der Waals surface area contributed by atoms with Gasteiger partial charge in [-0.05, 0) is 30.7 Å². The monoisotopic (exact) mass is 394 g/mol. The normalized spacial score (nSPS) is 11.4. The maximum Gasteiger partial charge on any atom is 0.416 e. The number of nitrogens with one attached hydrogen (secondary N) is 1. The van der Waals surface area contributed by atoms with Crippen LogP contribution in [0.1, 0.15) is 27.2 Å². The van der Waals surface area contributed by atoms with E-state index in [-0.39, 0.29) is 29.1 Å². The van der Waals surface area contributed by atoms with Crippen molar-refractivity contribution < 1.29 is 22.5 Å². The molecule has 1 amide bonds. The Hall–Kier alpha value is -2.80. The second-order valence-corrected chi connectivity index (χ2v) is 6.23. The van der Waals surface area contributed by atoms with Gasteiger partial charge in [0.2, 0.25) is 0 Å².